The molecule has 2 N–H and O–H groups in total. The maximum atomic E-state index is 15.5. The minimum Gasteiger partial charge on any atom is -0.454 e. The molecule has 4 aromatic rings. The number of nitrogens with zero attached hydrogens (tertiary/aromatic N) is 4. The van der Waals surface area contributed by atoms with Gasteiger partial charge in [-0.15, -0.1) is 0 Å². The fourth-order valence-electron chi connectivity index (χ4n) is 3.20. The molecular weight excluding hydrogens is 554 g/mol. The van der Waals surface area contributed by atoms with E-state index in [1.54, 1.807) is 24.3 Å². The molecule has 0 amide bonds. The maximum absolute atomic E-state index is 15.5. The molecule has 0 aliphatic rings. The van der Waals surface area contributed by atoms with Crippen molar-refractivity contribution in [2.24, 2.45) is 0 Å². The molecule has 0 radical (unpaired) electrons. The van der Waals surface area contributed by atoms with Crippen molar-refractivity contribution in [1.29, 1.82) is 0 Å². The third kappa shape index (κ3) is 5.45. The summed E-state index contributed by atoms with van der Waals surface area (Å²) in [6.45, 7) is 6.62. The highest BCUT2D eigenvalue weighted by Crippen LogP contribution is 2.38. The molecule has 0 unspecified atom stereocenters. The molecule has 0 saturated heterocycles. The maximum Gasteiger partial charge on any atom is 0.471 e. The van der Waals surface area contributed by atoms with Gasteiger partial charge in [0.1, 0.15) is 5.75 Å². The first-order chi connectivity index (χ1) is 16.1. The van der Waals surface area contributed by atoms with Gasteiger partial charge in [0.15, 0.2) is 29.6 Å². The molecule has 2 aromatic carbocycles. The van der Waals surface area contributed by atoms with Crippen molar-refractivity contribution in [2.75, 3.05) is 0 Å². The first kappa shape index (κ1) is 24.3. The fraction of sp³-hybridized carbons (Fsp3) is 0.0952. The highest BCUT2D eigenvalue weighted by molar-refractivity contribution is 9.10. The Bertz CT molecular complexity index is 1490. The van der Waals surface area contributed by atoms with Crippen LogP contribution in [0.25, 0.3) is 15.9 Å². The van der Waals surface area contributed by atoms with Crippen LogP contribution in [0.15, 0.2) is 53.1 Å². The number of phosphoric acid groups is 1. The van der Waals surface area contributed by atoms with Gasteiger partial charge in [-0.2, -0.15) is 5.10 Å². The van der Waals surface area contributed by atoms with E-state index >= 15 is 4.39 Å². The summed E-state index contributed by atoms with van der Waals surface area (Å²) >= 11 is 9.30. The fourth-order valence-corrected chi connectivity index (χ4v) is 4.06. The average Bonchev–Trinajstić information content (AvgIpc) is 3.14. The quantitative estimate of drug-likeness (QED) is 0.209. The number of hydrogen-bond donors (Lipinski definition) is 2. The van der Waals surface area contributed by atoms with Gasteiger partial charge in [0.05, 0.1) is 16.7 Å². The molecule has 0 saturated carbocycles. The Hall–Kier alpha value is -2.84. The third-order valence-corrected chi connectivity index (χ3v) is 5.92. The van der Waals surface area contributed by atoms with Crippen LogP contribution >= 0.6 is 35.4 Å². The van der Waals surface area contributed by atoms with E-state index in [4.69, 9.17) is 32.7 Å². The summed E-state index contributed by atoms with van der Waals surface area (Å²) in [5, 5.41) is 5.16. The Labute approximate surface area is 205 Å². The molecule has 174 valence electrons. The van der Waals surface area contributed by atoms with Gasteiger partial charge in [-0.25, -0.2) is 23.5 Å². The van der Waals surface area contributed by atoms with E-state index in [1.165, 1.54) is 29.1 Å². The van der Waals surface area contributed by atoms with Crippen LogP contribution in [-0.4, -0.2) is 24.6 Å². The van der Waals surface area contributed by atoms with Crippen LogP contribution in [0.2, 0.25) is 5.02 Å². The molecule has 0 fully saturated rings. The van der Waals surface area contributed by atoms with E-state index in [0.717, 1.165) is 0 Å². The summed E-state index contributed by atoms with van der Waals surface area (Å²) < 4.78 is 38.3. The van der Waals surface area contributed by atoms with E-state index in [0.29, 0.717) is 21.2 Å². The van der Waals surface area contributed by atoms with Crippen molar-refractivity contribution < 1.29 is 28.0 Å². The first-order valence-electron chi connectivity index (χ1n) is 9.48. The summed E-state index contributed by atoms with van der Waals surface area (Å²) in [6.07, 6.45) is 1.53. The number of halogens is 3. The van der Waals surface area contributed by atoms with Crippen LogP contribution in [0, 0.1) is 12.4 Å². The van der Waals surface area contributed by atoms with Crippen molar-refractivity contribution in [2.45, 2.75) is 13.2 Å². The first-order valence-corrected chi connectivity index (χ1v) is 12.2. The lowest BCUT2D eigenvalue weighted by Crippen LogP contribution is -2.05. The Morgan fingerprint density at radius 3 is 2.79 bits per heavy atom. The number of phosphoric ester groups is 1. The van der Waals surface area contributed by atoms with Crippen LogP contribution in [0.5, 0.6) is 11.5 Å². The molecule has 13 heteroatoms. The average molecular weight is 568 g/mol. The second-order valence-corrected chi connectivity index (χ2v) is 9.49. The standard InChI is InChI=1S/C21H14BrClFN4O5P/c1-25-14-8-13(23)9-15(10-14)33-20-17(22)5-4-12(19(20)24)7-18-16-3-2-6-26-21(16)28(27-18)11-32-34(29,30)31/h2-6,8-10H,7,11H2,(H2,29,30,31). The van der Waals surface area contributed by atoms with Crippen LogP contribution in [0.3, 0.4) is 0 Å². The van der Waals surface area contributed by atoms with Gasteiger partial charge in [0, 0.05) is 23.0 Å². The Morgan fingerprint density at radius 2 is 2.06 bits per heavy atom. The summed E-state index contributed by atoms with van der Waals surface area (Å²) in [4.78, 5) is 25.5. The van der Waals surface area contributed by atoms with Gasteiger partial charge in [-0.1, -0.05) is 17.7 Å². The second kappa shape index (κ2) is 9.80. The summed E-state index contributed by atoms with van der Waals surface area (Å²) in [6, 6.07) is 10.9. The largest absolute Gasteiger partial charge is 0.471 e. The number of hydrogen-bond acceptors (Lipinski definition) is 5. The van der Waals surface area contributed by atoms with Crippen LogP contribution in [0.1, 0.15) is 11.3 Å². The van der Waals surface area contributed by atoms with Crippen molar-refractivity contribution in [1.82, 2.24) is 14.8 Å². The lowest BCUT2D eigenvalue weighted by molar-refractivity contribution is 0.147. The predicted molar refractivity (Wildman–Crippen MR) is 125 cm³/mol. The molecule has 0 atom stereocenters. The third-order valence-electron chi connectivity index (χ3n) is 4.62. The Kier molecular flexibility index (Phi) is 7.00. The van der Waals surface area contributed by atoms with Gasteiger partial charge in [0.2, 0.25) is 0 Å². The van der Waals surface area contributed by atoms with Crippen molar-refractivity contribution >= 4 is 52.1 Å². The lowest BCUT2D eigenvalue weighted by Gasteiger charge is -2.12. The number of benzene rings is 2. The molecule has 34 heavy (non-hydrogen) atoms. The molecule has 2 heterocycles. The number of pyridine rings is 1. The van der Waals surface area contributed by atoms with Crippen LogP contribution in [-0.2, 0) is 22.2 Å². The number of rotatable bonds is 7. The van der Waals surface area contributed by atoms with E-state index in [1.807, 2.05) is 0 Å². The molecular formula is C21H14BrClFN4O5P. The van der Waals surface area contributed by atoms with Crippen LogP contribution < -0.4 is 4.74 Å². The van der Waals surface area contributed by atoms with E-state index < -0.39 is 20.4 Å². The van der Waals surface area contributed by atoms with E-state index in [2.05, 4.69) is 35.4 Å². The van der Waals surface area contributed by atoms with E-state index in [-0.39, 0.29) is 34.2 Å². The summed E-state index contributed by atoms with van der Waals surface area (Å²) in [7, 11) is -4.73. The smallest absolute Gasteiger partial charge is 0.454 e. The van der Waals surface area contributed by atoms with Gasteiger partial charge in [-0.05, 0) is 57.9 Å². The monoisotopic (exact) mass is 566 g/mol. The van der Waals surface area contributed by atoms with Gasteiger partial charge < -0.3 is 14.5 Å². The minimum absolute atomic E-state index is 0.0312. The molecule has 0 aliphatic carbocycles. The van der Waals surface area contributed by atoms with E-state index in [9.17, 15) is 4.57 Å². The second-order valence-electron chi connectivity index (χ2n) is 6.95. The van der Waals surface area contributed by atoms with Crippen molar-refractivity contribution in [3.63, 3.8) is 0 Å². The molecule has 2 aromatic heterocycles. The lowest BCUT2D eigenvalue weighted by atomic mass is 10.1. The van der Waals surface area contributed by atoms with Crippen LogP contribution in [0.4, 0.5) is 10.1 Å². The summed E-state index contributed by atoms with van der Waals surface area (Å²) in [5.41, 5.74) is 1.24. The zero-order valence-corrected chi connectivity index (χ0v) is 20.3. The molecule has 4 rings (SSSR count). The van der Waals surface area contributed by atoms with Crippen molar-refractivity contribution in [3.05, 3.63) is 86.6 Å². The number of ether oxygens (including phenoxy) is 1. The van der Waals surface area contributed by atoms with Gasteiger partial charge in [-0.3, -0.25) is 4.52 Å². The number of fused-ring (bicyclic) bond motifs is 1. The Morgan fingerprint density at radius 1 is 1.26 bits per heavy atom. The zero-order valence-electron chi connectivity index (χ0n) is 17.0. The summed E-state index contributed by atoms with van der Waals surface area (Å²) in [5.74, 6) is -0.553. The molecule has 9 nitrogen and oxygen atoms in total. The Balaban J connectivity index is 1.69. The predicted octanol–water partition coefficient (Wildman–Crippen LogP) is 5.99. The molecule has 0 spiro atoms. The van der Waals surface area contributed by atoms with Gasteiger partial charge in [0.25, 0.3) is 0 Å². The zero-order chi connectivity index (χ0) is 24.5. The van der Waals surface area contributed by atoms with Gasteiger partial charge >= 0.3 is 7.82 Å². The molecule has 0 bridgehead atoms. The number of aromatic nitrogens is 3. The van der Waals surface area contributed by atoms with Crippen molar-refractivity contribution in [3.8, 4) is 11.5 Å². The minimum atomic E-state index is -4.73. The normalized spacial score (nSPS) is 11.5. The highest BCUT2D eigenvalue weighted by atomic mass is 79.9. The highest BCUT2D eigenvalue weighted by Gasteiger charge is 2.20. The SMILES string of the molecule is [C-]#[N+]c1cc(Cl)cc(Oc2c(Br)ccc(Cc3nn(COP(=O)(O)O)c4ncccc34)c2F)c1. The topological polar surface area (TPSA) is 111 Å². The molecule has 0 aliphatic heterocycles.